The van der Waals surface area contributed by atoms with Crippen molar-refractivity contribution in [1.29, 1.82) is 0 Å². The van der Waals surface area contributed by atoms with Crippen LogP contribution in [0.2, 0.25) is 0 Å². The van der Waals surface area contributed by atoms with Crippen LogP contribution in [0.15, 0.2) is 42.5 Å². The zero-order valence-electron chi connectivity index (χ0n) is 17.3. The summed E-state index contributed by atoms with van der Waals surface area (Å²) >= 11 is 0. The van der Waals surface area contributed by atoms with Crippen molar-refractivity contribution in [2.75, 3.05) is 18.7 Å². The first-order valence-corrected chi connectivity index (χ1v) is 9.66. The summed E-state index contributed by atoms with van der Waals surface area (Å²) in [7, 11) is 0. The van der Waals surface area contributed by atoms with Crippen molar-refractivity contribution in [2.45, 2.75) is 39.4 Å². The molecule has 0 unspecified atom stereocenters. The Labute approximate surface area is 175 Å². The molecule has 2 amide bonds. The van der Waals surface area contributed by atoms with Gasteiger partial charge >= 0.3 is 6.09 Å². The molecule has 0 atom stereocenters. The Hall–Kier alpha value is -3.42. The van der Waals surface area contributed by atoms with E-state index < -0.39 is 11.7 Å². The number of hydrogen-bond donors (Lipinski definition) is 2. The number of carbonyl (C=O) groups is 2. The first-order chi connectivity index (χ1) is 14.3. The second-order valence-corrected chi connectivity index (χ2v) is 7.73. The summed E-state index contributed by atoms with van der Waals surface area (Å²) in [6.45, 7) is 6.08. The fourth-order valence-corrected chi connectivity index (χ4v) is 2.69. The molecule has 0 aliphatic carbocycles. The molecule has 3 rings (SSSR count). The maximum atomic E-state index is 12.1. The van der Waals surface area contributed by atoms with Gasteiger partial charge < -0.3 is 29.6 Å². The topological polar surface area (TPSA) is 95.1 Å². The third-order valence-corrected chi connectivity index (χ3v) is 3.98. The number of ether oxygens (including phenoxy) is 4. The average molecular weight is 414 g/mol. The molecular formula is C22H26N2O6. The Morgan fingerprint density at radius 2 is 1.87 bits per heavy atom. The van der Waals surface area contributed by atoms with Gasteiger partial charge in [0.25, 0.3) is 0 Å². The van der Waals surface area contributed by atoms with Crippen LogP contribution in [-0.4, -0.2) is 30.9 Å². The summed E-state index contributed by atoms with van der Waals surface area (Å²) in [5.41, 5.74) is 0.983. The number of amides is 2. The van der Waals surface area contributed by atoms with E-state index in [-0.39, 0.29) is 25.7 Å². The Bertz CT molecular complexity index is 907. The van der Waals surface area contributed by atoms with E-state index in [9.17, 15) is 9.59 Å². The highest BCUT2D eigenvalue weighted by Crippen LogP contribution is 2.35. The van der Waals surface area contributed by atoms with Gasteiger partial charge in [-0.25, -0.2) is 4.79 Å². The molecule has 2 N–H and O–H groups in total. The molecule has 1 heterocycles. The SMILES string of the molecule is CC(C)(C)OC(=O)NCCC(=O)Nc1cccc(COc2ccc3c(c2)OCO3)c1. The molecule has 1 aliphatic rings. The van der Waals surface area contributed by atoms with Crippen LogP contribution in [0.25, 0.3) is 0 Å². The van der Waals surface area contributed by atoms with Crippen molar-refractivity contribution in [3.05, 3.63) is 48.0 Å². The molecule has 0 fully saturated rings. The summed E-state index contributed by atoms with van der Waals surface area (Å²) in [6, 6.07) is 12.8. The van der Waals surface area contributed by atoms with E-state index in [4.69, 9.17) is 18.9 Å². The minimum atomic E-state index is -0.574. The quantitative estimate of drug-likeness (QED) is 0.715. The third kappa shape index (κ3) is 6.58. The molecule has 0 spiro atoms. The van der Waals surface area contributed by atoms with Gasteiger partial charge in [-0.3, -0.25) is 4.79 Å². The summed E-state index contributed by atoms with van der Waals surface area (Å²) in [5.74, 6) is 1.82. The van der Waals surface area contributed by atoms with Gasteiger partial charge in [-0.15, -0.1) is 0 Å². The molecular weight excluding hydrogens is 388 g/mol. The van der Waals surface area contributed by atoms with Crippen LogP contribution in [-0.2, 0) is 16.1 Å². The predicted octanol–water partition coefficient (Wildman–Crippen LogP) is 3.85. The first-order valence-electron chi connectivity index (χ1n) is 9.66. The van der Waals surface area contributed by atoms with Crippen LogP contribution in [0.1, 0.15) is 32.8 Å². The highest BCUT2D eigenvalue weighted by molar-refractivity contribution is 5.91. The summed E-state index contributed by atoms with van der Waals surface area (Å²) in [6.07, 6.45) is -0.407. The van der Waals surface area contributed by atoms with E-state index >= 15 is 0 Å². The zero-order valence-corrected chi connectivity index (χ0v) is 17.3. The maximum absolute atomic E-state index is 12.1. The lowest BCUT2D eigenvalue weighted by molar-refractivity contribution is -0.116. The summed E-state index contributed by atoms with van der Waals surface area (Å²) in [5, 5.41) is 5.38. The highest BCUT2D eigenvalue weighted by atomic mass is 16.7. The predicted molar refractivity (Wildman–Crippen MR) is 111 cm³/mol. The van der Waals surface area contributed by atoms with Crippen molar-refractivity contribution in [1.82, 2.24) is 5.32 Å². The van der Waals surface area contributed by atoms with Crippen LogP contribution in [0.3, 0.4) is 0 Å². The second kappa shape index (κ2) is 9.39. The van der Waals surface area contributed by atoms with Gasteiger partial charge in [-0.1, -0.05) is 12.1 Å². The minimum absolute atomic E-state index is 0.136. The highest BCUT2D eigenvalue weighted by Gasteiger charge is 2.16. The Balaban J connectivity index is 1.44. The lowest BCUT2D eigenvalue weighted by Gasteiger charge is -2.19. The zero-order chi connectivity index (χ0) is 21.6. The molecule has 0 aromatic heterocycles. The molecule has 0 saturated heterocycles. The largest absolute Gasteiger partial charge is 0.489 e. The number of fused-ring (bicyclic) bond motifs is 1. The smallest absolute Gasteiger partial charge is 0.407 e. The number of nitrogens with one attached hydrogen (secondary N) is 2. The first kappa shape index (κ1) is 21.3. The second-order valence-electron chi connectivity index (χ2n) is 7.73. The van der Waals surface area contributed by atoms with Crippen LogP contribution in [0.4, 0.5) is 10.5 Å². The molecule has 0 bridgehead atoms. The molecule has 2 aromatic carbocycles. The van der Waals surface area contributed by atoms with Gasteiger partial charge in [0.15, 0.2) is 11.5 Å². The standard InChI is InChI=1S/C22H26N2O6/c1-22(2,3)30-21(26)23-10-9-20(25)24-16-6-4-5-15(11-16)13-27-17-7-8-18-19(12-17)29-14-28-18/h4-8,11-12H,9-10,13-14H2,1-3H3,(H,23,26)(H,24,25). The van der Waals surface area contributed by atoms with Crippen molar-refractivity contribution >= 4 is 17.7 Å². The molecule has 1 aliphatic heterocycles. The van der Waals surface area contributed by atoms with E-state index in [1.54, 1.807) is 39.0 Å². The number of hydrogen-bond acceptors (Lipinski definition) is 6. The monoisotopic (exact) mass is 414 g/mol. The lowest BCUT2D eigenvalue weighted by atomic mass is 10.2. The molecule has 160 valence electrons. The summed E-state index contributed by atoms with van der Waals surface area (Å²) < 4.78 is 21.6. The number of carbonyl (C=O) groups excluding carboxylic acids is 2. The Morgan fingerprint density at radius 3 is 2.67 bits per heavy atom. The molecule has 0 radical (unpaired) electrons. The lowest BCUT2D eigenvalue weighted by Crippen LogP contribution is -2.34. The Kier molecular flexibility index (Phi) is 6.66. The number of anilines is 1. The average Bonchev–Trinajstić information content (AvgIpc) is 3.13. The fourth-order valence-electron chi connectivity index (χ4n) is 2.69. The minimum Gasteiger partial charge on any atom is -0.489 e. The number of alkyl carbamates (subject to hydrolysis) is 1. The van der Waals surface area contributed by atoms with Crippen LogP contribution in [0.5, 0.6) is 17.2 Å². The molecule has 8 heteroatoms. The maximum Gasteiger partial charge on any atom is 0.407 e. The van der Waals surface area contributed by atoms with Crippen LogP contribution >= 0.6 is 0 Å². The van der Waals surface area contributed by atoms with E-state index in [0.717, 1.165) is 5.56 Å². The summed E-state index contributed by atoms with van der Waals surface area (Å²) in [4.78, 5) is 23.7. The van der Waals surface area contributed by atoms with Gasteiger partial charge in [0.2, 0.25) is 12.7 Å². The normalized spacial score (nSPS) is 12.2. The van der Waals surface area contributed by atoms with Crippen molar-refractivity contribution in [2.24, 2.45) is 0 Å². The van der Waals surface area contributed by atoms with Gasteiger partial charge in [-0.05, 0) is 50.6 Å². The van der Waals surface area contributed by atoms with E-state index in [2.05, 4.69) is 10.6 Å². The van der Waals surface area contributed by atoms with Gasteiger partial charge in [0.05, 0.1) is 0 Å². The number of benzene rings is 2. The van der Waals surface area contributed by atoms with E-state index in [1.165, 1.54) is 0 Å². The van der Waals surface area contributed by atoms with Gasteiger partial charge in [-0.2, -0.15) is 0 Å². The molecule has 8 nitrogen and oxygen atoms in total. The Morgan fingerprint density at radius 1 is 1.07 bits per heavy atom. The van der Waals surface area contributed by atoms with E-state index in [1.807, 2.05) is 24.3 Å². The van der Waals surface area contributed by atoms with Crippen molar-refractivity contribution in [3.63, 3.8) is 0 Å². The third-order valence-electron chi connectivity index (χ3n) is 3.98. The van der Waals surface area contributed by atoms with Gasteiger partial charge in [0.1, 0.15) is 18.0 Å². The van der Waals surface area contributed by atoms with E-state index in [0.29, 0.717) is 29.5 Å². The molecule has 30 heavy (non-hydrogen) atoms. The molecule has 2 aromatic rings. The van der Waals surface area contributed by atoms with Gasteiger partial charge in [0, 0.05) is 24.7 Å². The molecule has 0 saturated carbocycles. The van der Waals surface area contributed by atoms with Crippen molar-refractivity contribution < 1.29 is 28.5 Å². The van der Waals surface area contributed by atoms with Crippen molar-refractivity contribution in [3.8, 4) is 17.2 Å². The fraction of sp³-hybridized carbons (Fsp3) is 0.364. The number of rotatable bonds is 7. The van der Waals surface area contributed by atoms with Crippen LogP contribution < -0.4 is 24.8 Å². The van der Waals surface area contributed by atoms with Crippen LogP contribution in [0, 0.1) is 0 Å².